The summed E-state index contributed by atoms with van der Waals surface area (Å²) >= 11 is 0. The van der Waals surface area contributed by atoms with E-state index in [1.165, 1.54) is 6.08 Å². The van der Waals surface area contributed by atoms with E-state index in [4.69, 9.17) is 5.21 Å². The Bertz CT molecular complexity index is 871. The fourth-order valence-electron chi connectivity index (χ4n) is 2.88. The van der Waals surface area contributed by atoms with E-state index in [2.05, 4.69) is 5.28 Å². The molecule has 4 aliphatic rings. The smallest absolute Gasteiger partial charge is 0.248 e. The Morgan fingerprint density at radius 3 is 1.93 bits per heavy atom. The van der Waals surface area contributed by atoms with Crippen LogP contribution in [0.2, 0.25) is 0 Å². The minimum Gasteiger partial charge on any atom is -0.592 e. The lowest BCUT2D eigenvalue weighted by Gasteiger charge is -2.21. The van der Waals surface area contributed by atoms with Gasteiger partial charge in [0, 0.05) is 74.8 Å². The summed E-state index contributed by atoms with van der Waals surface area (Å²) in [7, 11) is 0. The quantitative estimate of drug-likeness (QED) is 0.197. The van der Waals surface area contributed by atoms with Crippen LogP contribution in [0.5, 0.6) is 0 Å². The van der Waals surface area contributed by atoms with Crippen molar-refractivity contribution in [2.75, 3.05) is 39.3 Å². The van der Waals surface area contributed by atoms with Crippen LogP contribution in [0.4, 0.5) is 5.69 Å². The number of hydrogen-bond donors (Lipinski definition) is 1. The Morgan fingerprint density at radius 1 is 0.893 bits per heavy atom. The summed E-state index contributed by atoms with van der Waals surface area (Å²) in [5, 5.41) is 21.0. The molecule has 0 amide bonds. The lowest BCUT2D eigenvalue weighted by Crippen LogP contribution is -2.29. The van der Waals surface area contributed by atoms with Crippen LogP contribution in [-0.4, -0.2) is 93.0 Å². The van der Waals surface area contributed by atoms with Crippen molar-refractivity contribution in [2.45, 2.75) is 0 Å². The summed E-state index contributed by atoms with van der Waals surface area (Å²) in [6.07, 6.45) is 1.52. The zero-order chi connectivity index (χ0) is 19.0. The third-order valence-corrected chi connectivity index (χ3v) is 4.55. The topological polar surface area (TPSA) is 102 Å². The number of ketones is 2. The zero-order valence-electron chi connectivity index (χ0n) is 15.2. The number of allylic oxidation sites excluding steroid dienone is 1. The first-order valence-electron chi connectivity index (χ1n) is 8.77. The van der Waals surface area contributed by atoms with Crippen LogP contribution >= 0.6 is 0 Å². The van der Waals surface area contributed by atoms with Crippen molar-refractivity contribution < 1.29 is 19.7 Å². The normalized spacial score (nSPS) is 20.2. The molecule has 0 aromatic heterocycles. The number of benzene rings is 1. The van der Waals surface area contributed by atoms with E-state index in [-0.39, 0.29) is 33.8 Å². The third-order valence-electron chi connectivity index (χ3n) is 4.55. The average Bonchev–Trinajstić information content (AvgIpc) is 3.53. The molecule has 3 saturated heterocycles. The predicted molar refractivity (Wildman–Crippen MR) is 99.5 cm³/mol. The van der Waals surface area contributed by atoms with Crippen molar-refractivity contribution in [3.8, 4) is 0 Å². The molecule has 3 heterocycles. The van der Waals surface area contributed by atoms with Crippen molar-refractivity contribution in [3.63, 3.8) is 0 Å². The number of carbonyl (C=O) groups is 2. The molecule has 0 saturated carbocycles. The van der Waals surface area contributed by atoms with Gasteiger partial charge in [-0.1, -0.05) is 18.2 Å². The Balaban J connectivity index is 0.000000178. The van der Waals surface area contributed by atoms with Crippen LogP contribution in [0.15, 0.2) is 58.8 Å². The first kappa shape index (κ1) is 19.9. The minimum absolute atomic E-state index is 0. The second-order valence-corrected chi connectivity index (χ2v) is 6.58. The standard InChI is InChI=1S/C12H13N3O2.C6H6N2O2.Al/c16-9-7-8(13-1-2-13)12(17)11(15-5-6-15)10(9)14-3-4-14;9-7-8(10)6-4-2-1-3-5-6;/h7H,1-6H2;1-5,9H;. The molecular formula is C18H19AlN5O4. The van der Waals surface area contributed by atoms with E-state index in [0.29, 0.717) is 22.8 Å². The van der Waals surface area contributed by atoms with Crippen LogP contribution in [0, 0.1) is 5.21 Å². The number of Topliss-reactive ketones (excluding diaryl/α,β-unsaturated/α-hetero) is 1. The zero-order valence-corrected chi connectivity index (χ0v) is 16.3. The summed E-state index contributed by atoms with van der Waals surface area (Å²) in [6.45, 7) is 5.41. The molecule has 0 unspecified atom stereocenters. The van der Waals surface area contributed by atoms with Gasteiger partial charge in [-0.2, -0.15) is 0 Å². The lowest BCUT2D eigenvalue weighted by molar-refractivity contribution is -0.473. The molecule has 5 rings (SSSR count). The molecule has 1 aromatic carbocycles. The second kappa shape index (κ2) is 8.04. The van der Waals surface area contributed by atoms with E-state index in [9.17, 15) is 14.8 Å². The van der Waals surface area contributed by atoms with Gasteiger partial charge in [0.15, 0.2) is 0 Å². The van der Waals surface area contributed by atoms with Crippen molar-refractivity contribution >= 4 is 34.6 Å². The molecule has 28 heavy (non-hydrogen) atoms. The van der Waals surface area contributed by atoms with Gasteiger partial charge in [0.25, 0.3) is 0 Å². The molecule has 0 spiro atoms. The van der Waals surface area contributed by atoms with Gasteiger partial charge in [0.1, 0.15) is 11.4 Å². The second-order valence-electron chi connectivity index (χ2n) is 6.58. The van der Waals surface area contributed by atoms with E-state index < -0.39 is 0 Å². The van der Waals surface area contributed by atoms with Gasteiger partial charge in [-0.15, -0.1) is 0 Å². The summed E-state index contributed by atoms with van der Waals surface area (Å²) in [6, 6.07) is 8.24. The highest BCUT2D eigenvalue weighted by Crippen LogP contribution is 2.33. The number of rotatable bonds is 4. The first-order chi connectivity index (χ1) is 13.1. The highest BCUT2D eigenvalue weighted by molar-refractivity contribution is 6.22. The maximum atomic E-state index is 12.4. The maximum absolute atomic E-state index is 12.4. The Labute approximate surface area is 172 Å². The van der Waals surface area contributed by atoms with Crippen LogP contribution < -0.4 is 0 Å². The van der Waals surface area contributed by atoms with Crippen LogP contribution in [0.25, 0.3) is 0 Å². The van der Waals surface area contributed by atoms with Gasteiger partial charge < -0.3 is 25.1 Å². The van der Waals surface area contributed by atoms with E-state index in [1.54, 1.807) is 30.3 Å². The summed E-state index contributed by atoms with van der Waals surface area (Å²) < 4.78 is 0. The Morgan fingerprint density at radius 2 is 1.43 bits per heavy atom. The number of nitrogens with zero attached hydrogens (tertiary/aromatic N) is 5. The molecule has 143 valence electrons. The maximum Gasteiger partial charge on any atom is 0.248 e. The van der Waals surface area contributed by atoms with Crippen molar-refractivity contribution in [1.29, 1.82) is 0 Å². The van der Waals surface area contributed by atoms with Crippen LogP contribution in [0.1, 0.15) is 0 Å². The average molecular weight is 396 g/mol. The highest BCUT2D eigenvalue weighted by atomic mass is 27.0. The molecule has 0 bridgehead atoms. The Hall–Kier alpha value is -2.83. The number of carbonyl (C=O) groups excluding carboxylic acids is 2. The Kier molecular flexibility index (Phi) is 5.72. The predicted octanol–water partition coefficient (Wildman–Crippen LogP) is 0.470. The van der Waals surface area contributed by atoms with Gasteiger partial charge in [0.2, 0.25) is 22.5 Å². The molecule has 10 heteroatoms. The van der Waals surface area contributed by atoms with Gasteiger partial charge >= 0.3 is 0 Å². The van der Waals surface area contributed by atoms with Crippen molar-refractivity contribution in [1.82, 2.24) is 14.7 Å². The fraction of sp³-hybridized carbons (Fsp3) is 0.333. The third kappa shape index (κ3) is 4.19. The molecule has 1 N–H and O–H groups in total. The molecule has 3 aliphatic heterocycles. The highest BCUT2D eigenvalue weighted by Gasteiger charge is 2.43. The van der Waals surface area contributed by atoms with Crippen LogP contribution in [0.3, 0.4) is 0 Å². The molecule has 1 aliphatic carbocycles. The van der Waals surface area contributed by atoms with E-state index in [0.717, 1.165) is 39.3 Å². The number of hydrogen-bond acceptors (Lipinski definition) is 7. The molecule has 0 atom stereocenters. The van der Waals surface area contributed by atoms with Gasteiger partial charge in [-0.05, 0) is 4.86 Å². The molecular weight excluding hydrogens is 377 g/mol. The molecule has 9 nitrogen and oxygen atoms in total. The first-order valence-corrected chi connectivity index (χ1v) is 8.77. The largest absolute Gasteiger partial charge is 0.592 e. The van der Waals surface area contributed by atoms with Crippen molar-refractivity contribution in [2.24, 2.45) is 5.28 Å². The lowest BCUT2D eigenvalue weighted by atomic mass is 10.0. The SMILES string of the molecule is O=C1C=C(N2CC2)C(=O)C(N2CC2)=C1N1CC1.[Al].[O-][N+](=NO)c1ccccc1. The molecule has 3 fully saturated rings. The monoisotopic (exact) mass is 396 g/mol. The summed E-state index contributed by atoms with van der Waals surface area (Å²) in [5.74, 6) is 0.0485. The molecule has 3 radical (unpaired) electrons. The fourth-order valence-corrected chi connectivity index (χ4v) is 2.88. The summed E-state index contributed by atoms with van der Waals surface area (Å²) in [5.41, 5.74) is 2.20. The van der Waals surface area contributed by atoms with E-state index >= 15 is 0 Å². The minimum atomic E-state index is 0. The van der Waals surface area contributed by atoms with Crippen LogP contribution in [-0.2, 0) is 9.59 Å². The van der Waals surface area contributed by atoms with Gasteiger partial charge in [0.05, 0.1) is 5.70 Å². The molecule has 1 aromatic rings. The van der Waals surface area contributed by atoms with Gasteiger partial charge in [-0.25, -0.2) is 0 Å². The summed E-state index contributed by atoms with van der Waals surface area (Å²) in [4.78, 5) is 30.6. The van der Waals surface area contributed by atoms with Crippen molar-refractivity contribution in [3.05, 3.63) is 58.7 Å². The number of para-hydroxylation sites is 1. The van der Waals surface area contributed by atoms with Gasteiger partial charge in [-0.3, -0.25) is 9.59 Å². The van der Waals surface area contributed by atoms with E-state index in [1.807, 2.05) is 14.7 Å².